The summed E-state index contributed by atoms with van der Waals surface area (Å²) < 4.78 is 11.5. The van der Waals surface area contributed by atoms with Crippen molar-refractivity contribution in [2.45, 2.75) is 104 Å². The molecule has 0 aromatic carbocycles. The van der Waals surface area contributed by atoms with Crippen molar-refractivity contribution in [3.8, 4) is 0 Å². The van der Waals surface area contributed by atoms with Crippen molar-refractivity contribution in [3.05, 3.63) is 24.3 Å². The highest BCUT2D eigenvalue weighted by molar-refractivity contribution is 5.02. The summed E-state index contributed by atoms with van der Waals surface area (Å²) in [5.41, 5.74) is 0. The summed E-state index contributed by atoms with van der Waals surface area (Å²) >= 11 is 0. The number of rotatable bonds is 18. The monoisotopic (exact) mass is 338 g/mol. The number of allylic oxidation sites excluding steroid dienone is 4. The molecule has 0 unspecified atom stereocenters. The van der Waals surface area contributed by atoms with Crippen LogP contribution in [0.15, 0.2) is 24.3 Å². The summed E-state index contributed by atoms with van der Waals surface area (Å²) in [5, 5.41) is 0. The average Bonchev–Trinajstić information content (AvgIpc) is 2.60. The predicted molar refractivity (Wildman–Crippen MR) is 106 cm³/mol. The molecule has 24 heavy (non-hydrogen) atoms. The van der Waals surface area contributed by atoms with Crippen LogP contribution in [0, 0.1) is 0 Å². The second-order valence-corrected chi connectivity index (χ2v) is 6.51. The molecule has 0 aliphatic heterocycles. The maximum atomic E-state index is 5.76. The zero-order valence-corrected chi connectivity index (χ0v) is 16.6. The van der Waals surface area contributed by atoms with Crippen LogP contribution >= 0.6 is 0 Å². The smallest absolute Gasteiger partial charge is 0.157 e. The van der Waals surface area contributed by atoms with Gasteiger partial charge in [0.05, 0.1) is 0 Å². The number of ether oxygens (including phenoxy) is 2. The van der Waals surface area contributed by atoms with Gasteiger partial charge in [0.1, 0.15) is 0 Å². The standard InChI is InChI=1S/C22H42O2/c1-4-7-8-9-10-11-12-13-14-15-16-17-18-19-22(23-20-5-2)24-21-6-3/h9-12,22H,4-8,13-21H2,1-3H3. The lowest BCUT2D eigenvalue weighted by Gasteiger charge is -2.18. The third-order valence-electron chi connectivity index (χ3n) is 3.93. The van der Waals surface area contributed by atoms with Gasteiger partial charge in [-0.2, -0.15) is 0 Å². The SMILES string of the molecule is CCCCC=CC=CCCCCCCCC(OCCC)OCCC. The van der Waals surface area contributed by atoms with E-state index >= 15 is 0 Å². The summed E-state index contributed by atoms with van der Waals surface area (Å²) in [4.78, 5) is 0. The number of hydrogen-bond acceptors (Lipinski definition) is 2. The van der Waals surface area contributed by atoms with Crippen LogP contribution in [0.5, 0.6) is 0 Å². The quantitative estimate of drug-likeness (QED) is 0.149. The molecule has 0 saturated carbocycles. The second-order valence-electron chi connectivity index (χ2n) is 6.51. The number of unbranched alkanes of at least 4 members (excludes halogenated alkanes) is 7. The molecular weight excluding hydrogens is 296 g/mol. The first-order valence-corrected chi connectivity index (χ1v) is 10.4. The van der Waals surface area contributed by atoms with Crippen LogP contribution in [0.4, 0.5) is 0 Å². The van der Waals surface area contributed by atoms with Crippen LogP contribution in [0.25, 0.3) is 0 Å². The molecule has 0 aromatic heterocycles. The molecule has 2 heteroatoms. The molecule has 0 saturated heterocycles. The lowest BCUT2D eigenvalue weighted by atomic mass is 10.1. The maximum absolute atomic E-state index is 5.76. The summed E-state index contributed by atoms with van der Waals surface area (Å²) in [7, 11) is 0. The lowest BCUT2D eigenvalue weighted by molar-refractivity contribution is -0.146. The molecule has 0 aromatic rings. The Morgan fingerprint density at radius 1 is 0.625 bits per heavy atom. The van der Waals surface area contributed by atoms with Gasteiger partial charge in [-0.3, -0.25) is 0 Å². The molecule has 0 rings (SSSR count). The van der Waals surface area contributed by atoms with E-state index in [-0.39, 0.29) is 6.29 Å². The Morgan fingerprint density at radius 2 is 1.17 bits per heavy atom. The van der Waals surface area contributed by atoms with Crippen molar-refractivity contribution in [2.75, 3.05) is 13.2 Å². The van der Waals surface area contributed by atoms with Crippen molar-refractivity contribution in [1.29, 1.82) is 0 Å². The van der Waals surface area contributed by atoms with Gasteiger partial charge in [0.2, 0.25) is 0 Å². The predicted octanol–water partition coefficient (Wildman–Crippen LogP) is 7.20. The van der Waals surface area contributed by atoms with Gasteiger partial charge in [0.15, 0.2) is 6.29 Å². The van der Waals surface area contributed by atoms with Crippen molar-refractivity contribution in [3.63, 3.8) is 0 Å². The highest BCUT2D eigenvalue weighted by atomic mass is 16.7. The molecule has 0 amide bonds. The van der Waals surface area contributed by atoms with Crippen molar-refractivity contribution in [2.24, 2.45) is 0 Å². The van der Waals surface area contributed by atoms with E-state index in [4.69, 9.17) is 9.47 Å². The average molecular weight is 339 g/mol. The fourth-order valence-corrected chi connectivity index (χ4v) is 2.49. The van der Waals surface area contributed by atoms with Crippen molar-refractivity contribution >= 4 is 0 Å². The third kappa shape index (κ3) is 17.7. The van der Waals surface area contributed by atoms with Gasteiger partial charge in [0, 0.05) is 13.2 Å². The van der Waals surface area contributed by atoms with Crippen molar-refractivity contribution < 1.29 is 9.47 Å². The molecule has 2 nitrogen and oxygen atoms in total. The summed E-state index contributed by atoms with van der Waals surface area (Å²) in [6, 6.07) is 0. The van der Waals surface area contributed by atoms with E-state index in [9.17, 15) is 0 Å². The van der Waals surface area contributed by atoms with E-state index < -0.39 is 0 Å². The first-order valence-electron chi connectivity index (χ1n) is 10.4. The normalized spacial score (nSPS) is 12.2. The topological polar surface area (TPSA) is 18.5 Å². The van der Waals surface area contributed by atoms with Gasteiger partial charge in [0.25, 0.3) is 0 Å². The largest absolute Gasteiger partial charge is 0.353 e. The fraction of sp³-hybridized carbons (Fsp3) is 0.818. The Labute approximate surface area is 151 Å². The van der Waals surface area contributed by atoms with Gasteiger partial charge in [-0.25, -0.2) is 0 Å². The maximum Gasteiger partial charge on any atom is 0.157 e. The van der Waals surface area contributed by atoms with Crippen LogP contribution < -0.4 is 0 Å². The molecule has 0 N–H and O–H groups in total. The second kappa shape index (κ2) is 20.4. The van der Waals surface area contributed by atoms with Gasteiger partial charge in [-0.1, -0.05) is 77.2 Å². The van der Waals surface area contributed by atoms with E-state index in [2.05, 4.69) is 45.1 Å². The first kappa shape index (κ1) is 23.4. The Kier molecular flexibility index (Phi) is 19.9. The highest BCUT2D eigenvalue weighted by Crippen LogP contribution is 2.12. The molecule has 0 spiro atoms. The van der Waals surface area contributed by atoms with E-state index in [1.165, 1.54) is 57.8 Å². The van der Waals surface area contributed by atoms with Gasteiger partial charge < -0.3 is 9.47 Å². The zero-order chi connectivity index (χ0) is 17.7. The molecule has 0 atom stereocenters. The summed E-state index contributed by atoms with van der Waals surface area (Å²) in [5.74, 6) is 0. The minimum absolute atomic E-state index is 0.0207. The van der Waals surface area contributed by atoms with Crippen LogP contribution in [0.3, 0.4) is 0 Å². The molecule has 0 fully saturated rings. The van der Waals surface area contributed by atoms with Gasteiger partial charge >= 0.3 is 0 Å². The third-order valence-corrected chi connectivity index (χ3v) is 3.93. The van der Waals surface area contributed by atoms with E-state index in [0.717, 1.165) is 32.5 Å². The molecule has 0 aliphatic rings. The van der Waals surface area contributed by atoms with Gasteiger partial charge in [-0.05, 0) is 44.9 Å². The Hall–Kier alpha value is -0.600. The molecule has 0 radical (unpaired) electrons. The van der Waals surface area contributed by atoms with Crippen LogP contribution in [0.2, 0.25) is 0 Å². The highest BCUT2D eigenvalue weighted by Gasteiger charge is 2.07. The summed E-state index contributed by atoms with van der Waals surface area (Å²) in [6.07, 6.45) is 23.7. The van der Waals surface area contributed by atoms with Gasteiger partial charge in [-0.15, -0.1) is 0 Å². The van der Waals surface area contributed by atoms with Crippen LogP contribution in [-0.2, 0) is 9.47 Å². The van der Waals surface area contributed by atoms with E-state index in [1.54, 1.807) is 0 Å². The molecular formula is C22H42O2. The Balaban J connectivity index is 3.46. The Morgan fingerprint density at radius 3 is 1.75 bits per heavy atom. The fourth-order valence-electron chi connectivity index (χ4n) is 2.49. The Bertz CT molecular complexity index is 276. The molecule has 0 heterocycles. The van der Waals surface area contributed by atoms with E-state index in [0.29, 0.717) is 0 Å². The summed E-state index contributed by atoms with van der Waals surface area (Å²) in [6.45, 7) is 8.15. The molecule has 0 bridgehead atoms. The minimum atomic E-state index is 0.0207. The first-order chi connectivity index (χ1) is 11.8. The zero-order valence-electron chi connectivity index (χ0n) is 16.6. The lowest BCUT2D eigenvalue weighted by Crippen LogP contribution is -2.18. The molecule has 0 aliphatic carbocycles. The van der Waals surface area contributed by atoms with Crippen molar-refractivity contribution in [1.82, 2.24) is 0 Å². The van der Waals surface area contributed by atoms with Crippen LogP contribution in [0.1, 0.15) is 97.8 Å². The molecule has 142 valence electrons. The minimum Gasteiger partial charge on any atom is -0.353 e. The van der Waals surface area contributed by atoms with Crippen LogP contribution in [-0.4, -0.2) is 19.5 Å². The van der Waals surface area contributed by atoms with E-state index in [1.807, 2.05) is 0 Å². The number of hydrogen-bond donors (Lipinski definition) is 0.